The standard InChI is InChI=1S/C9H7N.C6H12N2/c1-2-6-9-8(4-1)5-3-7-10-9;1-2-8-5-3-7-4-6-8/h1-7H;2,7H,1,3-6H2. The lowest BCUT2D eigenvalue weighted by molar-refractivity contribution is 0.325. The van der Waals surface area contributed by atoms with E-state index in [0.29, 0.717) is 0 Å². The van der Waals surface area contributed by atoms with Crippen LogP contribution in [0.15, 0.2) is 55.4 Å². The third kappa shape index (κ3) is 3.57. The summed E-state index contributed by atoms with van der Waals surface area (Å²) in [7, 11) is 0. The minimum Gasteiger partial charge on any atom is -0.375 e. The molecule has 3 nitrogen and oxygen atoms in total. The van der Waals surface area contributed by atoms with Gasteiger partial charge in [0.25, 0.3) is 0 Å². The van der Waals surface area contributed by atoms with Gasteiger partial charge in [0.05, 0.1) is 5.52 Å². The van der Waals surface area contributed by atoms with E-state index in [1.165, 1.54) is 5.39 Å². The van der Waals surface area contributed by atoms with Crippen molar-refractivity contribution in [1.29, 1.82) is 0 Å². The van der Waals surface area contributed by atoms with E-state index in [4.69, 9.17) is 0 Å². The average molecular weight is 241 g/mol. The molecule has 18 heavy (non-hydrogen) atoms. The normalized spacial score (nSPS) is 14.8. The lowest BCUT2D eigenvalue weighted by Gasteiger charge is -2.24. The number of nitrogens with one attached hydrogen (secondary N) is 1. The van der Waals surface area contributed by atoms with Crippen LogP contribution in [0.25, 0.3) is 10.9 Å². The Bertz CT molecular complexity index is 424. The predicted octanol–water partition coefficient (Wildman–Crippen LogP) is 2.27. The zero-order valence-corrected chi connectivity index (χ0v) is 10.5. The minimum atomic E-state index is 1.06. The zero-order valence-electron chi connectivity index (χ0n) is 10.5. The van der Waals surface area contributed by atoms with Gasteiger partial charge in [-0.1, -0.05) is 30.8 Å². The maximum atomic E-state index is 4.18. The molecule has 94 valence electrons. The fraction of sp³-hybridized carbons (Fsp3) is 0.267. The van der Waals surface area contributed by atoms with Crippen molar-refractivity contribution in [2.45, 2.75) is 0 Å². The van der Waals surface area contributed by atoms with E-state index in [9.17, 15) is 0 Å². The highest BCUT2D eigenvalue weighted by Gasteiger charge is 2.01. The smallest absolute Gasteiger partial charge is 0.0701 e. The maximum Gasteiger partial charge on any atom is 0.0701 e. The molecule has 2 aromatic rings. The van der Waals surface area contributed by atoms with Crippen molar-refractivity contribution in [3.63, 3.8) is 0 Å². The molecule has 1 aromatic heterocycles. The van der Waals surface area contributed by atoms with Crippen LogP contribution in [0.2, 0.25) is 0 Å². The number of pyridine rings is 1. The first kappa shape index (κ1) is 12.6. The summed E-state index contributed by atoms with van der Waals surface area (Å²) in [6.07, 6.45) is 3.71. The topological polar surface area (TPSA) is 28.2 Å². The molecular formula is C15H19N3. The van der Waals surface area contributed by atoms with E-state index in [2.05, 4.69) is 33.9 Å². The molecule has 3 heteroatoms. The van der Waals surface area contributed by atoms with Crippen LogP contribution in [-0.4, -0.2) is 36.1 Å². The van der Waals surface area contributed by atoms with Gasteiger partial charge in [0.2, 0.25) is 0 Å². The first-order chi connectivity index (χ1) is 8.90. The molecule has 0 amide bonds. The maximum absolute atomic E-state index is 4.18. The first-order valence-electron chi connectivity index (χ1n) is 6.27. The van der Waals surface area contributed by atoms with Crippen molar-refractivity contribution < 1.29 is 0 Å². The quantitative estimate of drug-likeness (QED) is 0.830. The number of aromatic nitrogens is 1. The van der Waals surface area contributed by atoms with Gasteiger partial charge in [-0.05, 0) is 18.3 Å². The largest absolute Gasteiger partial charge is 0.375 e. The molecule has 0 atom stereocenters. The highest BCUT2D eigenvalue weighted by molar-refractivity contribution is 5.77. The Hall–Kier alpha value is -1.87. The van der Waals surface area contributed by atoms with Gasteiger partial charge in [0.15, 0.2) is 0 Å². The monoisotopic (exact) mass is 241 g/mol. The van der Waals surface area contributed by atoms with Crippen LogP contribution in [0.3, 0.4) is 0 Å². The summed E-state index contributed by atoms with van der Waals surface area (Å²) in [6, 6.07) is 12.1. The van der Waals surface area contributed by atoms with Crippen LogP contribution in [0, 0.1) is 0 Å². The summed E-state index contributed by atoms with van der Waals surface area (Å²) in [4.78, 5) is 6.40. The summed E-state index contributed by atoms with van der Waals surface area (Å²) in [5, 5.41) is 4.46. The fourth-order valence-corrected chi connectivity index (χ4v) is 1.88. The molecule has 1 aliphatic rings. The van der Waals surface area contributed by atoms with Crippen molar-refractivity contribution in [3.8, 4) is 0 Å². The first-order valence-corrected chi connectivity index (χ1v) is 6.27. The summed E-state index contributed by atoms with van der Waals surface area (Å²) < 4.78 is 0. The van der Waals surface area contributed by atoms with Crippen molar-refractivity contribution in [3.05, 3.63) is 55.4 Å². The molecule has 1 aromatic carbocycles. The molecule has 0 unspecified atom stereocenters. The van der Waals surface area contributed by atoms with Crippen LogP contribution in [0.5, 0.6) is 0 Å². The van der Waals surface area contributed by atoms with Crippen LogP contribution < -0.4 is 5.32 Å². The Morgan fingerprint density at radius 1 is 1.11 bits per heavy atom. The second-order valence-electron chi connectivity index (χ2n) is 4.16. The van der Waals surface area contributed by atoms with Gasteiger partial charge in [-0.15, -0.1) is 0 Å². The van der Waals surface area contributed by atoms with Crippen LogP contribution in [0.4, 0.5) is 0 Å². The Morgan fingerprint density at radius 3 is 2.50 bits per heavy atom. The Morgan fingerprint density at radius 2 is 1.83 bits per heavy atom. The van der Waals surface area contributed by atoms with Crippen molar-refractivity contribution in [2.75, 3.05) is 26.2 Å². The van der Waals surface area contributed by atoms with Gasteiger partial charge in [0, 0.05) is 37.8 Å². The summed E-state index contributed by atoms with van der Waals surface area (Å²) in [6.45, 7) is 8.12. The number of hydrogen-bond donors (Lipinski definition) is 1. The second-order valence-corrected chi connectivity index (χ2v) is 4.16. The van der Waals surface area contributed by atoms with Crippen LogP contribution >= 0.6 is 0 Å². The van der Waals surface area contributed by atoms with Crippen molar-refractivity contribution >= 4 is 10.9 Å². The average Bonchev–Trinajstić information content (AvgIpc) is 2.49. The highest BCUT2D eigenvalue weighted by atomic mass is 15.2. The summed E-state index contributed by atoms with van der Waals surface area (Å²) in [5.41, 5.74) is 1.06. The number of rotatable bonds is 1. The number of benzene rings is 1. The Labute approximate surface area is 108 Å². The number of piperazine rings is 1. The number of fused-ring (bicyclic) bond motifs is 1. The molecule has 2 heterocycles. The summed E-state index contributed by atoms with van der Waals surface area (Å²) >= 11 is 0. The van der Waals surface area contributed by atoms with Crippen molar-refractivity contribution in [2.24, 2.45) is 0 Å². The Balaban J connectivity index is 0.000000138. The van der Waals surface area contributed by atoms with E-state index in [0.717, 1.165) is 31.7 Å². The summed E-state index contributed by atoms with van der Waals surface area (Å²) in [5.74, 6) is 0. The van der Waals surface area contributed by atoms with Gasteiger partial charge in [0.1, 0.15) is 0 Å². The number of hydrogen-bond acceptors (Lipinski definition) is 3. The molecule has 0 spiro atoms. The van der Waals surface area contributed by atoms with Gasteiger partial charge in [-0.25, -0.2) is 0 Å². The molecule has 0 aliphatic carbocycles. The molecule has 0 radical (unpaired) electrons. The number of para-hydroxylation sites is 1. The minimum absolute atomic E-state index is 1.06. The third-order valence-electron chi connectivity index (χ3n) is 2.92. The van der Waals surface area contributed by atoms with E-state index < -0.39 is 0 Å². The van der Waals surface area contributed by atoms with E-state index in [1.807, 2.05) is 36.7 Å². The molecule has 0 bridgehead atoms. The van der Waals surface area contributed by atoms with Gasteiger partial charge >= 0.3 is 0 Å². The molecule has 3 rings (SSSR count). The van der Waals surface area contributed by atoms with E-state index >= 15 is 0 Å². The van der Waals surface area contributed by atoms with Crippen LogP contribution in [-0.2, 0) is 0 Å². The molecule has 1 saturated heterocycles. The van der Waals surface area contributed by atoms with Crippen molar-refractivity contribution in [1.82, 2.24) is 15.2 Å². The van der Waals surface area contributed by atoms with Gasteiger partial charge in [-0.3, -0.25) is 4.98 Å². The second kappa shape index (κ2) is 6.77. The van der Waals surface area contributed by atoms with E-state index in [-0.39, 0.29) is 0 Å². The molecule has 1 fully saturated rings. The third-order valence-corrected chi connectivity index (χ3v) is 2.92. The zero-order chi connectivity index (χ0) is 12.6. The van der Waals surface area contributed by atoms with E-state index in [1.54, 1.807) is 0 Å². The fourth-order valence-electron chi connectivity index (χ4n) is 1.88. The predicted molar refractivity (Wildman–Crippen MR) is 76.4 cm³/mol. The number of nitrogens with zero attached hydrogens (tertiary/aromatic N) is 2. The van der Waals surface area contributed by atoms with Gasteiger partial charge < -0.3 is 10.2 Å². The SMILES string of the molecule is C=CN1CCNCC1.c1ccc2ncccc2c1. The lowest BCUT2D eigenvalue weighted by atomic mass is 10.2. The highest BCUT2D eigenvalue weighted by Crippen LogP contribution is 2.07. The molecule has 0 saturated carbocycles. The molecule has 1 N–H and O–H groups in total. The van der Waals surface area contributed by atoms with Gasteiger partial charge in [-0.2, -0.15) is 0 Å². The van der Waals surface area contributed by atoms with Crippen LogP contribution in [0.1, 0.15) is 0 Å². The molecule has 1 aliphatic heterocycles. The molecular weight excluding hydrogens is 222 g/mol. The Kier molecular flexibility index (Phi) is 4.73. The lowest BCUT2D eigenvalue weighted by Crippen LogP contribution is -2.40.